The molecule has 0 heterocycles. The number of ether oxygens (including phenoxy) is 1. The molecule has 0 amide bonds. The molecule has 0 bridgehead atoms. The minimum absolute atomic E-state index is 0.0221. The molecule has 0 aliphatic carbocycles. The highest BCUT2D eigenvalue weighted by molar-refractivity contribution is 7.89. The third-order valence-corrected chi connectivity index (χ3v) is 4.46. The van der Waals surface area contributed by atoms with Gasteiger partial charge in [-0.05, 0) is 37.1 Å². The van der Waals surface area contributed by atoms with Gasteiger partial charge < -0.3 is 10.5 Å². The summed E-state index contributed by atoms with van der Waals surface area (Å²) in [5.74, 6) is -2.77. The summed E-state index contributed by atoms with van der Waals surface area (Å²) >= 11 is 0. The predicted molar refractivity (Wildman–Crippen MR) is 71.7 cm³/mol. The number of sulfonamides is 1. The topological polar surface area (TPSA) is 81.4 Å². The van der Waals surface area contributed by atoms with Gasteiger partial charge in [0.1, 0.15) is 5.75 Å². The van der Waals surface area contributed by atoms with Crippen molar-refractivity contribution >= 4 is 10.0 Å². The summed E-state index contributed by atoms with van der Waals surface area (Å²) in [7, 11) is -2.57. The molecular weight excluding hydrogens is 290 g/mol. The molecule has 8 heteroatoms. The second kappa shape index (κ2) is 6.02. The van der Waals surface area contributed by atoms with Gasteiger partial charge in [0.05, 0.1) is 25.1 Å². The van der Waals surface area contributed by atoms with E-state index >= 15 is 0 Å². The van der Waals surface area contributed by atoms with Crippen molar-refractivity contribution in [1.29, 1.82) is 0 Å². The van der Waals surface area contributed by atoms with Crippen molar-refractivity contribution in [1.82, 2.24) is 4.72 Å². The van der Waals surface area contributed by atoms with Crippen molar-refractivity contribution in [2.45, 2.75) is 24.7 Å². The highest BCUT2D eigenvalue weighted by atomic mass is 32.2. The fourth-order valence-electron chi connectivity index (χ4n) is 1.80. The molecule has 0 radical (unpaired) electrons. The van der Waals surface area contributed by atoms with Crippen LogP contribution < -0.4 is 15.2 Å². The van der Waals surface area contributed by atoms with E-state index in [0.29, 0.717) is 16.9 Å². The standard InChI is InChI=1S/C12H18F2N2O3S/c1-8-4-10(19-3)5-9(2)11(8)20(17,18)16-7-12(13,14)6-15/h4-5,16H,6-7,15H2,1-3H3. The van der Waals surface area contributed by atoms with Crippen LogP contribution in [0.4, 0.5) is 8.78 Å². The van der Waals surface area contributed by atoms with Gasteiger partial charge in [-0.15, -0.1) is 0 Å². The SMILES string of the molecule is COc1cc(C)c(S(=O)(=O)NCC(F)(F)CN)c(C)c1. The Labute approximate surface area is 117 Å². The average Bonchev–Trinajstić information content (AvgIpc) is 2.35. The minimum Gasteiger partial charge on any atom is -0.497 e. The third kappa shape index (κ3) is 3.87. The molecule has 0 aliphatic heterocycles. The van der Waals surface area contributed by atoms with Gasteiger partial charge in [-0.25, -0.2) is 21.9 Å². The molecule has 0 saturated heterocycles. The normalized spacial score (nSPS) is 12.5. The van der Waals surface area contributed by atoms with Crippen molar-refractivity contribution in [3.8, 4) is 5.75 Å². The van der Waals surface area contributed by atoms with E-state index in [2.05, 4.69) is 0 Å². The third-order valence-electron chi connectivity index (χ3n) is 2.76. The smallest absolute Gasteiger partial charge is 0.273 e. The summed E-state index contributed by atoms with van der Waals surface area (Å²) < 4.78 is 57.2. The van der Waals surface area contributed by atoms with Crippen molar-refractivity contribution in [3.05, 3.63) is 23.3 Å². The van der Waals surface area contributed by atoms with Gasteiger partial charge in [0.15, 0.2) is 0 Å². The van der Waals surface area contributed by atoms with Gasteiger partial charge in [0.2, 0.25) is 10.0 Å². The summed E-state index contributed by atoms with van der Waals surface area (Å²) in [6.45, 7) is 1.20. The number of nitrogens with two attached hydrogens (primary N) is 1. The second-order valence-corrected chi connectivity index (χ2v) is 6.18. The zero-order valence-corrected chi connectivity index (χ0v) is 12.4. The van der Waals surface area contributed by atoms with Crippen LogP contribution in [0.5, 0.6) is 5.75 Å². The Morgan fingerprint density at radius 2 is 1.80 bits per heavy atom. The fourth-order valence-corrected chi connectivity index (χ4v) is 3.31. The number of benzene rings is 1. The van der Waals surface area contributed by atoms with Crippen molar-refractivity contribution in [2.24, 2.45) is 5.73 Å². The highest BCUT2D eigenvalue weighted by Crippen LogP contribution is 2.25. The maximum Gasteiger partial charge on any atom is 0.273 e. The summed E-state index contributed by atoms with van der Waals surface area (Å²) in [6, 6.07) is 3.06. The van der Waals surface area contributed by atoms with Gasteiger partial charge in [-0.1, -0.05) is 0 Å². The first kappa shape index (κ1) is 16.8. The maximum atomic E-state index is 13.0. The lowest BCUT2D eigenvalue weighted by Gasteiger charge is -2.17. The Kier molecular flexibility index (Phi) is 5.06. The Morgan fingerprint density at radius 3 is 2.20 bits per heavy atom. The molecule has 0 unspecified atom stereocenters. The van der Waals surface area contributed by atoms with E-state index in [1.54, 1.807) is 13.8 Å². The first-order valence-corrected chi connectivity index (χ1v) is 7.34. The van der Waals surface area contributed by atoms with Crippen LogP contribution in [0.15, 0.2) is 17.0 Å². The molecule has 0 saturated carbocycles. The van der Waals surface area contributed by atoms with E-state index in [9.17, 15) is 17.2 Å². The van der Waals surface area contributed by atoms with Gasteiger partial charge >= 0.3 is 0 Å². The highest BCUT2D eigenvalue weighted by Gasteiger charge is 2.30. The Bertz CT molecular complexity index is 565. The number of hydrogen-bond donors (Lipinski definition) is 2. The second-order valence-electron chi connectivity index (χ2n) is 4.47. The van der Waals surface area contributed by atoms with Crippen LogP contribution in [0.2, 0.25) is 0 Å². The first-order valence-electron chi connectivity index (χ1n) is 5.86. The molecule has 20 heavy (non-hydrogen) atoms. The van der Waals surface area contributed by atoms with E-state index in [1.165, 1.54) is 19.2 Å². The molecule has 0 aromatic heterocycles. The summed E-state index contributed by atoms with van der Waals surface area (Å²) in [6.07, 6.45) is 0. The van der Waals surface area contributed by atoms with Crippen LogP contribution in [0.3, 0.4) is 0 Å². The molecule has 0 atom stereocenters. The lowest BCUT2D eigenvalue weighted by Crippen LogP contribution is -2.41. The van der Waals surface area contributed by atoms with Crippen LogP contribution >= 0.6 is 0 Å². The lowest BCUT2D eigenvalue weighted by atomic mass is 10.1. The molecule has 1 rings (SSSR count). The lowest BCUT2D eigenvalue weighted by molar-refractivity contribution is 0.0170. The van der Waals surface area contributed by atoms with Crippen molar-refractivity contribution in [3.63, 3.8) is 0 Å². The number of alkyl halides is 2. The first-order chi connectivity index (χ1) is 9.13. The minimum atomic E-state index is -4.03. The number of methoxy groups -OCH3 is 1. The maximum absolute atomic E-state index is 13.0. The van der Waals surface area contributed by atoms with E-state index in [1.807, 2.05) is 4.72 Å². The average molecular weight is 308 g/mol. The van der Waals surface area contributed by atoms with Gasteiger partial charge in [0, 0.05) is 0 Å². The molecule has 114 valence electrons. The molecular formula is C12H18F2N2O3S. The fraction of sp³-hybridized carbons (Fsp3) is 0.500. The monoisotopic (exact) mass is 308 g/mol. The van der Waals surface area contributed by atoms with Gasteiger partial charge in [-0.3, -0.25) is 0 Å². The van der Waals surface area contributed by atoms with Crippen molar-refractivity contribution < 1.29 is 21.9 Å². The van der Waals surface area contributed by atoms with Gasteiger partial charge in [-0.2, -0.15) is 0 Å². The zero-order chi connectivity index (χ0) is 15.6. The number of aryl methyl sites for hydroxylation is 2. The number of hydrogen-bond acceptors (Lipinski definition) is 4. The molecule has 0 fully saturated rings. The molecule has 0 spiro atoms. The van der Waals surface area contributed by atoms with Crippen molar-refractivity contribution in [2.75, 3.05) is 20.2 Å². The summed E-state index contributed by atoms with van der Waals surface area (Å²) in [5, 5.41) is 0. The molecule has 3 N–H and O–H groups in total. The molecule has 5 nitrogen and oxygen atoms in total. The summed E-state index contributed by atoms with van der Waals surface area (Å²) in [4.78, 5) is -0.0221. The van der Waals surface area contributed by atoms with E-state index in [-0.39, 0.29) is 4.90 Å². The van der Waals surface area contributed by atoms with E-state index in [4.69, 9.17) is 10.5 Å². The Hall–Kier alpha value is -1.25. The predicted octanol–water partition coefficient (Wildman–Crippen LogP) is 1.18. The number of nitrogens with one attached hydrogen (secondary N) is 1. The van der Waals surface area contributed by atoms with Crippen LogP contribution in [-0.4, -0.2) is 34.5 Å². The van der Waals surface area contributed by atoms with E-state index in [0.717, 1.165) is 0 Å². The quantitative estimate of drug-likeness (QED) is 0.827. The Morgan fingerprint density at radius 1 is 1.30 bits per heavy atom. The molecule has 1 aromatic carbocycles. The number of halogens is 2. The summed E-state index contributed by atoms with van der Waals surface area (Å²) in [5.41, 5.74) is 5.71. The van der Waals surface area contributed by atoms with Gasteiger partial charge in [0.25, 0.3) is 5.92 Å². The van der Waals surface area contributed by atoms with Crippen LogP contribution in [0, 0.1) is 13.8 Å². The van der Waals surface area contributed by atoms with Crippen LogP contribution in [0.25, 0.3) is 0 Å². The number of rotatable bonds is 6. The van der Waals surface area contributed by atoms with Crippen LogP contribution in [-0.2, 0) is 10.0 Å². The molecule has 1 aromatic rings. The largest absolute Gasteiger partial charge is 0.497 e. The molecule has 0 aliphatic rings. The Balaban J connectivity index is 3.11. The van der Waals surface area contributed by atoms with E-state index < -0.39 is 29.0 Å². The van der Waals surface area contributed by atoms with Crippen LogP contribution in [0.1, 0.15) is 11.1 Å². The zero-order valence-electron chi connectivity index (χ0n) is 11.5.